The molecule has 0 fully saturated rings. The lowest BCUT2D eigenvalue weighted by Crippen LogP contribution is -2.15. The van der Waals surface area contributed by atoms with Gasteiger partial charge in [-0.05, 0) is 30.3 Å². The van der Waals surface area contributed by atoms with E-state index in [9.17, 15) is 9.59 Å². The largest absolute Gasteiger partial charge is 0.426 e. The summed E-state index contributed by atoms with van der Waals surface area (Å²) in [6.07, 6.45) is 0. The van der Waals surface area contributed by atoms with E-state index in [1.807, 2.05) is 0 Å². The summed E-state index contributed by atoms with van der Waals surface area (Å²) < 4.78 is 13.3. The molecule has 2 aromatic carbocycles. The molecule has 3 aromatic rings. The van der Waals surface area contributed by atoms with Gasteiger partial charge in [0.2, 0.25) is 0 Å². The van der Waals surface area contributed by atoms with E-state index < -0.39 is 11.9 Å². The number of benzene rings is 2. The maximum atomic E-state index is 12.5. The molecule has 0 atom stereocenters. The van der Waals surface area contributed by atoms with Crippen LogP contribution in [-0.2, 0) is 4.79 Å². The molecular weight excluding hydrogens is 338 g/mol. The van der Waals surface area contributed by atoms with E-state index in [1.54, 1.807) is 24.3 Å². The molecule has 0 bridgehead atoms. The molecule has 0 saturated carbocycles. The number of aromatic nitrogens is 2. The Labute approximate surface area is 140 Å². The van der Waals surface area contributed by atoms with Crippen LogP contribution in [0.4, 0.5) is 5.69 Å². The Morgan fingerprint density at radius 1 is 1.22 bits per heavy atom. The van der Waals surface area contributed by atoms with Crippen molar-refractivity contribution in [2.45, 2.75) is 6.92 Å². The number of esters is 1. The summed E-state index contributed by atoms with van der Waals surface area (Å²) in [5.74, 6) is -0.834. The normalized spacial score (nSPS) is 10.5. The van der Waals surface area contributed by atoms with Crippen LogP contribution < -0.4 is 10.1 Å². The van der Waals surface area contributed by atoms with Crippen LogP contribution in [0.3, 0.4) is 0 Å². The summed E-state index contributed by atoms with van der Waals surface area (Å²) in [7, 11) is 0. The predicted octanol–water partition coefficient (Wildman–Crippen LogP) is 3.52. The Balaban J connectivity index is 1.96. The summed E-state index contributed by atoms with van der Waals surface area (Å²) in [6, 6.07) is 9.75. The smallest absolute Gasteiger partial charge is 0.308 e. The number of fused-ring (bicyclic) bond motifs is 1. The molecule has 1 aromatic heterocycles. The van der Waals surface area contributed by atoms with Crippen LogP contribution in [0.2, 0.25) is 5.02 Å². The second kappa shape index (κ2) is 6.31. The Hall–Kier alpha value is -2.51. The molecule has 0 saturated heterocycles. The molecule has 0 aliphatic rings. The van der Waals surface area contributed by atoms with E-state index in [0.717, 1.165) is 11.7 Å². The number of nitrogens with zero attached hydrogens (tertiary/aromatic N) is 2. The topological polar surface area (TPSA) is 81.2 Å². The molecule has 3 rings (SSSR count). The summed E-state index contributed by atoms with van der Waals surface area (Å²) >= 11 is 7.00. The first-order valence-electron chi connectivity index (χ1n) is 6.55. The number of halogens is 1. The van der Waals surface area contributed by atoms with Gasteiger partial charge in [-0.1, -0.05) is 17.7 Å². The maximum Gasteiger partial charge on any atom is 0.308 e. The highest BCUT2D eigenvalue weighted by Crippen LogP contribution is 2.26. The Morgan fingerprint density at radius 2 is 2.04 bits per heavy atom. The highest BCUT2D eigenvalue weighted by Gasteiger charge is 2.17. The van der Waals surface area contributed by atoms with Gasteiger partial charge in [0.1, 0.15) is 16.8 Å². The molecule has 116 valence electrons. The third-order valence-electron chi connectivity index (χ3n) is 2.97. The molecular formula is C15H10ClN3O3S. The molecule has 8 heteroatoms. The van der Waals surface area contributed by atoms with Crippen molar-refractivity contribution in [2.75, 3.05) is 5.32 Å². The molecule has 0 unspecified atom stereocenters. The fourth-order valence-corrected chi connectivity index (χ4v) is 2.74. The van der Waals surface area contributed by atoms with Gasteiger partial charge in [-0.25, -0.2) is 0 Å². The van der Waals surface area contributed by atoms with E-state index in [2.05, 4.69) is 14.1 Å². The van der Waals surface area contributed by atoms with E-state index in [4.69, 9.17) is 16.3 Å². The molecule has 23 heavy (non-hydrogen) atoms. The van der Waals surface area contributed by atoms with Crippen molar-refractivity contribution in [1.29, 1.82) is 0 Å². The highest BCUT2D eigenvalue weighted by molar-refractivity contribution is 7.00. The average molecular weight is 348 g/mol. The minimum absolute atomic E-state index is 0.142. The lowest BCUT2D eigenvalue weighted by molar-refractivity contribution is -0.131. The Morgan fingerprint density at radius 3 is 2.83 bits per heavy atom. The van der Waals surface area contributed by atoms with Crippen LogP contribution in [0.1, 0.15) is 17.3 Å². The van der Waals surface area contributed by atoms with Crippen LogP contribution in [0.5, 0.6) is 5.75 Å². The van der Waals surface area contributed by atoms with Gasteiger partial charge >= 0.3 is 5.97 Å². The molecule has 1 heterocycles. The fourth-order valence-electron chi connectivity index (χ4n) is 2.02. The number of hydrogen-bond donors (Lipinski definition) is 1. The standard InChI is InChI=1S/C15H10ClN3O3S/c1-8(20)22-13-6-5-9(16)7-10(13)15(21)17-11-3-2-4-12-14(11)19-23-18-12/h2-7H,1H3,(H,17,21). The molecule has 0 spiro atoms. The molecule has 1 amide bonds. The van der Waals surface area contributed by atoms with Gasteiger partial charge in [0, 0.05) is 11.9 Å². The van der Waals surface area contributed by atoms with Crippen molar-refractivity contribution < 1.29 is 14.3 Å². The minimum atomic E-state index is -0.521. The van der Waals surface area contributed by atoms with E-state index >= 15 is 0 Å². The van der Waals surface area contributed by atoms with Gasteiger partial charge in [0.05, 0.1) is 23.0 Å². The van der Waals surface area contributed by atoms with Gasteiger partial charge in [-0.2, -0.15) is 8.75 Å². The van der Waals surface area contributed by atoms with E-state index in [1.165, 1.54) is 19.1 Å². The highest BCUT2D eigenvalue weighted by atomic mass is 35.5. The van der Waals surface area contributed by atoms with Gasteiger partial charge in [0.15, 0.2) is 0 Å². The van der Waals surface area contributed by atoms with Crippen LogP contribution in [0.15, 0.2) is 36.4 Å². The Kier molecular flexibility index (Phi) is 4.22. The van der Waals surface area contributed by atoms with E-state index in [-0.39, 0.29) is 11.3 Å². The zero-order chi connectivity index (χ0) is 16.4. The number of ether oxygens (including phenoxy) is 1. The lowest BCUT2D eigenvalue weighted by atomic mass is 10.1. The minimum Gasteiger partial charge on any atom is -0.426 e. The van der Waals surface area contributed by atoms with Crippen molar-refractivity contribution >= 4 is 51.9 Å². The number of amides is 1. The number of hydrogen-bond acceptors (Lipinski definition) is 6. The first-order chi connectivity index (χ1) is 11.0. The fraction of sp³-hybridized carbons (Fsp3) is 0.0667. The van der Waals surface area contributed by atoms with Gasteiger partial charge in [-0.15, -0.1) is 0 Å². The quantitative estimate of drug-likeness (QED) is 0.579. The second-order valence-corrected chi connectivity index (χ2v) is 5.59. The summed E-state index contributed by atoms with van der Waals surface area (Å²) in [6.45, 7) is 1.26. The Bertz CT molecular complexity index is 910. The van der Waals surface area contributed by atoms with Crippen LogP contribution >= 0.6 is 23.3 Å². The van der Waals surface area contributed by atoms with E-state index in [0.29, 0.717) is 21.7 Å². The van der Waals surface area contributed by atoms with Crippen molar-refractivity contribution in [3.05, 3.63) is 47.0 Å². The third kappa shape index (κ3) is 3.30. The molecule has 6 nitrogen and oxygen atoms in total. The average Bonchev–Trinajstić information content (AvgIpc) is 2.98. The van der Waals surface area contributed by atoms with Gasteiger partial charge < -0.3 is 10.1 Å². The number of anilines is 1. The summed E-state index contributed by atoms with van der Waals surface area (Å²) in [5, 5.41) is 3.10. The van der Waals surface area contributed by atoms with Crippen molar-refractivity contribution in [1.82, 2.24) is 8.75 Å². The first kappa shape index (κ1) is 15.4. The zero-order valence-electron chi connectivity index (χ0n) is 11.9. The monoisotopic (exact) mass is 347 g/mol. The number of carbonyl (C=O) groups excluding carboxylic acids is 2. The van der Waals surface area contributed by atoms with Crippen LogP contribution in [-0.4, -0.2) is 20.6 Å². The van der Waals surface area contributed by atoms with Gasteiger partial charge in [0.25, 0.3) is 5.91 Å². The van der Waals surface area contributed by atoms with Gasteiger partial charge in [-0.3, -0.25) is 9.59 Å². The second-order valence-electron chi connectivity index (χ2n) is 4.63. The number of rotatable bonds is 3. The predicted molar refractivity (Wildman–Crippen MR) is 88.1 cm³/mol. The van der Waals surface area contributed by atoms with Crippen LogP contribution in [0, 0.1) is 0 Å². The van der Waals surface area contributed by atoms with Crippen LogP contribution in [0.25, 0.3) is 11.0 Å². The first-order valence-corrected chi connectivity index (χ1v) is 7.66. The molecule has 0 aliphatic heterocycles. The molecule has 0 radical (unpaired) electrons. The maximum absolute atomic E-state index is 12.5. The number of carbonyl (C=O) groups is 2. The zero-order valence-corrected chi connectivity index (χ0v) is 13.4. The van der Waals surface area contributed by atoms with Crippen molar-refractivity contribution in [3.8, 4) is 5.75 Å². The molecule has 0 aliphatic carbocycles. The summed E-state index contributed by atoms with van der Waals surface area (Å²) in [5.41, 5.74) is 1.98. The van der Waals surface area contributed by atoms with Crippen molar-refractivity contribution in [2.24, 2.45) is 0 Å². The van der Waals surface area contributed by atoms with Crippen molar-refractivity contribution in [3.63, 3.8) is 0 Å². The molecule has 1 N–H and O–H groups in total. The summed E-state index contributed by atoms with van der Waals surface area (Å²) in [4.78, 5) is 23.7. The lowest BCUT2D eigenvalue weighted by Gasteiger charge is -2.10. The number of nitrogens with one attached hydrogen (secondary N) is 1. The SMILES string of the molecule is CC(=O)Oc1ccc(Cl)cc1C(=O)Nc1cccc2nsnc12. The third-order valence-corrected chi connectivity index (χ3v) is 3.75.